The zero-order valence-corrected chi connectivity index (χ0v) is 27.6. The van der Waals surface area contributed by atoms with Crippen LogP contribution >= 0.6 is 12.4 Å². The predicted octanol–water partition coefficient (Wildman–Crippen LogP) is 5.89. The van der Waals surface area contributed by atoms with Gasteiger partial charge in [0.1, 0.15) is 6.61 Å². The highest BCUT2D eigenvalue weighted by Gasteiger charge is 2.55. The third-order valence-electron chi connectivity index (χ3n) is 9.08. The minimum atomic E-state index is -4.11. The smallest absolute Gasteiger partial charge is 0.264 e. The average molecular weight is 640 g/mol. The molecule has 2 fully saturated rings. The summed E-state index contributed by atoms with van der Waals surface area (Å²) >= 11 is 0. The van der Waals surface area contributed by atoms with Crippen LogP contribution in [0.5, 0.6) is 5.88 Å². The molecular weight excluding hydrogens is 598 g/mol. The summed E-state index contributed by atoms with van der Waals surface area (Å²) in [5.74, 6) is -0.0260. The molecule has 0 unspecified atom stereocenters. The van der Waals surface area contributed by atoms with Gasteiger partial charge in [-0.3, -0.25) is 4.79 Å². The van der Waals surface area contributed by atoms with Crippen LogP contribution in [0.2, 0.25) is 0 Å². The molecule has 2 saturated carbocycles. The van der Waals surface area contributed by atoms with Gasteiger partial charge in [0.15, 0.2) is 0 Å². The summed E-state index contributed by atoms with van der Waals surface area (Å²) < 4.78 is 36.1. The molecule has 1 amide bonds. The van der Waals surface area contributed by atoms with Crippen molar-refractivity contribution in [3.63, 3.8) is 0 Å². The lowest BCUT2D eigenvalue weighted by Gasteiger charge is -2.60. The molecule has 2 aromatic carbocycles. The maximum Gasteiger partial charge on any atom is 0.264 e. The number of carbonyl (C=O) groups excluding carboxylic acids is 1. The van der Waals surface area contributed by atoms with Gasteiger partial charge in [0.25, 0.3) is 15.9 Å². The Balaban J connectivity index is 0.00000384. The number of nitrogens with one attached hydrogen (secondary N) is 1. The molecule has 0 saturated heterocycles. The van der Waals surface area contributed by atoms with Crippen molar-refractivity contribution >= 4 is 34.3 Å². The molecule has 6 rings (SSSR count). The number of anilines is 1. The van der Waals surface area contributed by atoms with E-state index in [2.05, 4.69) is 35.5 Å². The molecule has 236 valence electrons. The van der Waals surface area contributed by atoms with Gasteiger partial charge in [0.05, 0.1) is 16.6 Å². The quantitative estimate of drug-likeness (QED) is 0.366. The number of sulfonamides is 1. The normalized spacial score (nSPS) is 26.0. The van der Waals surface area contributed by atoms with Crippen LogP contribution < -0.4 is 15.2 Å². The van der Waals surface area contributed by atoms with Crippen molar-refractivity contribution in [1.82, 2.24) is 14.9 Å². The summed E-state index contributed by atoms with van der Waals surface area (Å²) in [7, 11) is -4.11. The summed E-state index contributed by atoms with van der Waals surface area (Å²) in [5.41, 5.74) is 10.0. The van der Waals surface area contributed by atoms with Crippen molar-refractivity contribution in [1.29, 1.82) is 0 Å². The molecule has 4 bridgehead atoms. The second-order valence-electron chi connectivity index (χ2n) is 14.0. The summed E-state index contributed by atoms with van der Waals surface area (Å²) in [4.78, 5) is 25.4. The number of benzene rings is 2. The fraction of sp³-hybridized carbons (Fsp3) is 0.485. The Hall–Kier alpha value is -3.21. The molecule has 9 nitrogen and oxygen atoms in total. The average Bonchev–Trinajstić information content (AvgIpc) is 2.88. The lowest BCUT2D eigenvalue weighted by Crippen LogP contribution is -2.63. The van der Waals surface area contributed by atoms with E-state index in [1.165, 1.54) is 12.1 Å². The Morgan fingerprint density at radius 1 is 1.02 bits per heavy atom. The number of rotatable bonds is 3. The van der Waals surface area contributed by atoms with E-state index in [9.17, 15) is 13.2 Å². The van der Waals surface area contributed by atoms with Gasteiger partial charge >= 0.3 is 0 Å². The third-order valence-corrected chi connectivity index (χ3v) is 10.4. The van der Waals surface area contributed by atoms with Gasteiger partial charge < -0.3 is 15.4 Å². The van der Waals surface area contributed by atoms with E-state index in [0.717, 1.165) is 42.4 Å². The molecule has 2 heterocycles. The number of fused-ring (bicyclic) bond motifs is 4. The Labute approximate surface area is 266 Å². The Bertz CT molecular complexity index is 1660. The van der Waals surface area contributed by atoms with Crippen LogP contribution in [0.1, 0.15) is 74.4 Å². The van der Waals surface area contributed by atoms with E-state index < -0.39 is 10.0 Å². The van der Waals surface area contributed by atoms with Gasteiger partial charge in [-0.15, -0.1) is 12.4 Å². The topological polar surface area (TPSA) is 128 Å². The van der Waals surface area contributed by atoms with Gasteiger partial charge in [0, 0.05) is 29.3 Å². The molecule has 1 aromatic heterocycles. The number of nitrogens with two attached hydrogens (primary N) is 1. The summed E-state index contributed by atoms with van der Waals surface area (Å²) in [5, 5.41) is 0. The molecule has 1 spiro atoms. The first kappa shape index (κ1) is 32.2. The predicted molar refractivity (Wildman–Crippen MR) is 174 cm³/mol. The molecule has 2 aliphatic carbocycles. The van der Waals surface area contributed by atoms with Crippen LogP contribution in [0.25, 0.3) is 11.3 Å². The zero-order chi connectivity index (χ0) is 30.7. The molecule has 3 aliphatic rings. The van der Waals surface area contributed by atoms with E-state index in [1.54, 1.807) is 18.2 Å². The number of ether oxygens (including phenoxy) is 1. The maximum atomic E-state index is 14.3. The van der Waals surface area contributed by atoms with Crippen molar-refractivity contribution < 1.29 is 17.9 Å². The molecular formula is C33H42ClN5O4S. The molecule has 1 atom stereocenters. The largest absolute Gasteiger partial charge is 0.475 e. The number of aromatic nitrogens is 2. The molecule has 1 aliphatic heterocycles. The first-order chi connectivity index (χ1) is 20.2. The van der Waals surface area contributed by atoms with Crippen molar-refractivity contribution in [2.24, 2.45) is 16.6 Å². The van der Waals surface area contributed by atoms with Gasteiger partial charge in [-0.2, -0.15) is 4.98 Å². The van der Waals surface area contributed by atoms with Crippen molar-refractivity contribution in [2.45, 2.75) is 89.7 Å². The highest BCUT2D eigenvalue weighted by Crippen LogP contribution is 2.57. The SMILES string of the molecule is Cc1cccc(C)c1-c1cc2nc(n1)NS(=O)(=O)c1cccc(c1)C(=O)N(C1CC3(CC(N)C3)C1)[C@H](CC(C)(C)C)CO2.Cl. The minimum Gasteiger partial charge on any atom is -0.475 e. The second-order valence-corrected chi connectivity index (χ2v) is 15.7. The standard InChI is InChI=1S/C33H41N5O4S.ClH/c1-20-8-6-9-21(2)29(20)27-13-28-36-31(35-27)37-43(40,41)26-11-7-10-22(12-26)30(39)38(25(19-42-28)16-32(3,4)5)24-17-33(18-24)14-23(34)15-33;/h6-13,23-25H,14-19,34H2,1-5H3,(H,35,36,37);1H/t23?,24?,25-,33?;/m1./s1. The van der Waals surface area contributed by atoms with E-state index in [1.807, 2.05) is 36.9 Å². The highest BCUT2D eigenvalue weighted by molar-refractivity contribution is 7.92. The molecule has 3 N–H and O–H groups in total. The van der Waals surface area contributed by atoms with E-state index in [0.29, 0.717) is 17.7 Å². The lowest BCUT2D eigenvalue weighted by molar-refractivity contribution is -0.0737. The Morgan fingerprint density at radius 2 is 1.68 bits per heavy atom. The van der Waals surface area contributed by atoms with Crippen molar-refractivity contribution in [2.75, 3.05) is 11.3 Å². The van der Waals surface area contributed by atoms with Crippen molar-refractivity contribution in [3.8, 4) is 17.1 Å². The van der Waals surface area contributed by atoms with Crippen molar-refractivity contribution in [3.05, 3.63) is 65.2 Å². The molecule has 44 heavy (non-hydrogen) atoms. The number of aryl methyl sites for hydroxylation is 2. The Kier molecular flexibility index (Phi) is 8.50. The molecule has 0 radical (unpaired) electrons. The first-order valence-electron chi connectivity index (χ1n) is 15.0. The summed E-state index contributed by atoms with van der Waals surface area (Å²) in [6, 6.07) is 13.9. The van der Waals surface area contributed by atoms with Crippen LogP contribution in [-0.2, 0) is 10.0 Å². The van der Waals surface area contributed by atoms with E-state index in [-0.39, 0.29) is 70.6 Å². The number of carbonyl (C=O) groups is 1. The molecule has 11 heteroatoms. The number of amides is 1. The van der Waals surface area contributed by atoms with Gasteiger partial charge in [-0.25, -0.2) is 18.1 Å². The summed E-state index contributed by atoms with van der Waals surface area (Å²) in [6.07, 6.45) is 4.44. The van der Waals surface area contributed by atoms with Crippen LogP contribution in [0.15, 0.2) is 53.4 Å². The van der Waals surface area contributed by atoms with Crippen LogP contribution in [-0.4, -0.2) is 53.9 Å². The first-order valence-corrected chi connectivity index (χ1v) is 16.5. The van der Waals surface area contributed by atoms with E-state index in [4.69, 9.17) is 10.5 Å². The number of hydrogen-bond acceptors (Lipinski definition) is 7. The highest BCUT2D eigenvalue weighted by atomic mass is 35.5. The third kappa shape index (κ3) is 6.30. The monoisotopic (exact) mass is 639 g/mol. The van der Waals surface area contributed by atoms with Crippen LogP contribution in [0.4, 0.5) is 5.95 Å². The maximum absolute atomic E-state index is 14.3. The summed E-state index contributed by atoms with van der Waals surface area (Å²) in [6.45, 7) is 10.7. The van der Waals surface area contributed by atoms with E-state index >= 15 is 0 Å². The lowest BCUT2D eigenvalue weighted by atomic mass is 9.52. The minimum absolute atomic E-state index is 0. The van der Waals surface area contributed by atoms with Crippen LogP contribution in [0, 0.1) is 24.7 Å². The van der Waals surface area contributed by atoms with Gasteiger partial charge in [-0.05, 0) is 86.1 Å². The fourth-order valence-corrected chi connectivity index (χ4v) is 8.28. The number of nitrogens with zero attached hydrogens (tertiary/aromatic N) is 3. The van der Waals surface area contributed by atoms with Gasteiger partial charge in [-0.1, -0.05) is 45.0 Å². The molecule has 3 aromatic rings. The zero-order valence-electron chi connectivity index (χ0n) is 26.0. The number of halogens is 1. The number of hydrogen-bond donors (Lipinski definition) is 2. The van der Waals surface area contributed by atoms with Gasteiger partial charge in [0.2, 0.25) is 11.8 Å². The fourth-order valence-electron chi connectivity index (χ4n) is 7.29. The van der Waals surface area contributed by atoms with Crippen LogP contribution in [0.3, 0.4) is 0 Å². The second kappa shape index (κ2) is 11.6. The Morgan fingerprint density at radius 3 is 2.32 bits per heavy atom.